The zero-order valence-corrected chi connectivity index (χ0v) is 5.36. The van der Waals surface area contributed by atoms with E-state index in [0.717, 1.165) is 0 Å². The van der Waals surface area contributed by atoms with E-state index in [1.54, 1.807) is 12.0 Å². The lowest BCUT2D eigenvalue weighted by Crippen LogP contribution is -1.63. The maximum Gasteiger partial charge on any atom is 0.135 e. The average molecular weight is 161 g/mol. The summed E-state index contributed by atoms with van der Waals surface area (Å²) in [5, 5.41) is 0. The molecule has 0 heterocycles. The van der Waals surface area contributed by atoms with Gasteiger partial charge in [0.2, 0.25) is 0 Å². The fourth-order valence-corrected chi connectivity index (χ4v) is 0.397. The van der Waals surface area contributed by atoms with Gasteiger partial charge in [-0.1, -0.05) is 6.08 Å². The minimum atomic E-state index is 0.516. The Morgan fingerprint density at radius 1 is 2.00 bits per heavy atom. The Balaban J connectivity index is 3.58. The molecule has 0 aliphatic rings. The molecular formula is C5H5BrO. The van der Waals surface area contributed by atoms with E-state index >= 15 is 0 Å². The molecule has 0 aromatic heterocycles. The van der Waals surface area contributed by atoms with Crippen molar-refractivity contribution in [3.8, 4) is 0 Å². The molecule has 0 saturated heterocycles. The quantitative estimate of drug-likeness (QED) is 0.444. The molecule has 0 aromatic rings. The molecule has 0 aromatic carbocycles. The molecule has 38 valence electrons. The lowest BCUT2D eigenvalue weighted by Gasteiger charge is -1.77. The van der Waals surface area contributed by atoms with E-state index in [9.17, 15) is 4.79 Å². The molecule has 0 amide bonds. The van der Waals surface area contributed by atoms with E-state index in [0.29, 0.717) is 10.9 Å². The van der Waals surface area contributed by atoms with Gasteiger partial charge in [0.1, 0.15) is 5.94 Å². The summed E-state index contributed by atoms with van der Waals surface area (Å²) in [7, 11) is 0. The second-order valence-electron chi connectivity index (χ2n) is 1.000. The van der Waals surface area contributed by atoms with Crippen molar-refractivity contribution in [2.24, 2.45) is 0 Å². The van der Waals surface area contributed by atoms with Gasteiger partial charge >= 0.3 is 0 Å². The van der Waals surface area contributed by atoms with Crippen LogP contribution in [0.4, 0.5) is 0 Å². The lowest BCUT2D eigenvalue weighted by molar-refractivity contribution is 0.568. The van der Waals surface area contributed by atoms with Gasteiger partial charge in [0.15, 0.2) is 0 Å². The van der Waals surface area contributed by atoms with Gasteiger partial charge in [-0.05, 0) is 15.9 Å². The molecule has 2 heteroatoms. The fourth-order valence-electron chi connectivity index (χ4n) is 0.168. The van der Waals surface area contributed by atoms with Crippen molar-refractivity contribution in [3.05, 3.63) is 17.1 Å². The van der Waals surface area contributed by atoms with Gasteiger partial charge < -0.3 is 0 Å². The molecule has 0 atom stereocenters. The van der Waals surface area contributed by atoms with Crippen LogP contribution in [0.5, 0.6) is 0 Å². The third kappa shape index (κ3) is 3.50. The Morgan fingerprint density at radius 3 is 2.71 bits per heavy atom. The van der Waals surface area contributed by atoms with Crippen LogP contribution in [0.25, 0.3) is 0 Å². The van der Waals surface area contributed by atoms with Crippen molar-refractivity contribution in [3.63, 3.8) is 0 Å². The number of rotatable bonds is 2. The number of halogens is 1. The van der Waals surface area contributed by atoms with Gasteiger partial charge in [0.25, 0.3) is 0 Å². The standard InChI is InChI=1S/C5H5BrO/c1-2-3-5(6)4-7/h2H,1,3H2. The van der Waals surface area contributed by atoms with E-state index in [-0.39, 0.29) is 0 Å². The molecule has 1 nitrogen and oxygen atoms in total. The minimum absolute atomic E-state index is 0.516. The first kappa shape index (κ1) is 6.67. The molecule has 0 saturated carbocycles. The molecule has 0 rings (SSSR count). The van der Waals surface area contributed by atoms with Crippen LogP contribution in [0, 0.1) is 0 Å². The predicted octanol–water partition coefficient (Wildman–Crippen LogP) is 1.67. The molecule has 0 bridgehead atoms. The molecule has 0 unspecified atom stereocenters. The summed E-state index contributed by atoms with van der Waals surface area (Å²) >= 11 is 2.96. The maximum absolute atomic E-state index is 9.64. The van der Waals surface area contributed by atoms with Gasteiger partial charge in [0.05, 0.1) is 4.48 Å². The van der Waals surface area contributed by atoms with E-state index in [1.165, 1.54) is 0 Å². The molecule has 0 N–H and O–H groups in total. The minimum Gasteiger partial charge on any atom is -0.233 e. The highest BCUT2D eigenvalue weighted by molar-refractivity contribution is 9.12. The van der Waals surface area contributed by atoms with Crippen LogP contribution in [0.3, 0.4) is 0 Å². The Hall–Kier alpha value is -0.330. The zero-order valence-electron chi connectivity index (χ0n) is 3.78. The first-order chi connectivity index (χ1) is 3.31. The second-order valence-corrected chi connectivity index (χ2v) is 1.96. The van der Waals surface area contributed by atoms with E-state index in [4.69, 9.17) is 0 Å². The molecule has 0 fully saturated rings. The van der Waals surface area contributed by atoms with Crippen molar-refractivity contribution >= 4 is 21.9 Å². The van der Waals surface area contributed by atoms with Crippen LogP contribution in [0.2, 0.25) is 0 Å². The third-order valence-electron chi connectivity index (χ3n) is 0.434. The molecule has 7 heavy (non-hydrogen) atoms. The Labute approximate surface area is 50.8 Å². The Kier molecular flexibility index (Phi) is 3.67. The Morgan fingerprint density at radius 2 is 2.57 bits per heavy atom. The van der Waals surface area contributed by atoms with Gasteiger partial charge in [0, 0.05) is 6.42 Å². The average Bonchev–Trinajstić information content (AvgIpc) is 1.68. The topological polar surface area (TPSA) is 17.1 Å². The summed E-state index contributed by atoms with van der Waals surface area (Å²) in [5.41, 5.74) is 0. The van der Waals surface area contributed by atoms with Crippen molar-refractivity contribution < 1.29 is 4.79 Å². The molecule has 0 radical (unpaired) electrons. The van der Waals surface area contributed by atoms with Gasteiger partial charge in [-0.3, -0.25) is 0 Å². The van der Waals surface area contributed by atoms with E-state index in [2.05, 4.69) is 22.5 Å². The zero-order chi connectivity index (χ0) is 5.70. The van der Waals surface area contributed by atoms with Crippen LogP contribution < -0.4 is 0 Å². The smallest absolute Gasteiger partial charge is 0.135 e. The van der Waals surface area contributed by atoms with E-state index in [1.807, 2.05) is 0 Å². The van der Waals surface area contributed by atoms with Crippen LogP contribution >= 0.6 is 15.9 Å². The van der Waals surface area contributed by atoms with Gasteiger partial charge in [-0.2, -0.15) is 0 Å². The van der Waals surface area contributed by atoms with Crippen molar-refractivity contribution in [1.29, 1.82) is 0 Å². The molecule has 0 spiro atoms. The summed E-state index contributed by atoms with van der Waals surface area (Å²) in [4.78, 5) is 9.64. The number of hydrogen-bond acceptors (Lipinski definition) is 1. The van der Waals surface area contributed by atoms with Crippen LogP contribution in [-0.2, 0) is 4.79 Å². The van der Waals surface area contributed by atoms with Crippen molar-refractivity contribution in [2.75, 3.05) is 0 Å². The van der Waals surface area contributed by atoms with Crippen LogP contribution in [0.15, 0.2) is 17.1 Å². The number of allylic oxidation sites excluding steroid dienone is 2. The predicted molar refractivity (Wildman–Crippen MR) is 32.9 cm³/mol. The fraction of sp³-hybridized carbons (Fsp3) is 0.200. The summed E-state index contributed by atoms with van der Waals surface area (Å²) in [5.74, 6) is 1.68. The summed E-state index contributed by atoms with van der Waals surface area (Å²) in [6, 6.07) is 0. The third-order valence-corrected chi connectivity index (χ3v) is 0.920. The lowest BCUT2D eigenvalue weighted by atomic mass is 10.4. The van der Waals surface area contributed by atoms with Gasteiger partial charge in [-0.15, -0.1) is 6.58 Å². The highest BCUT2D eigenvalue weighted by atomic mass is 79.9. The monoisotopic (exact) mass is 160 g/mol. The molecular weight excluding hydrogens is 156 g/mol. The van der Waals surface area contributed by atoms with Crippen molar-refractivity contribution in [1.82, 2.24) is 0 Å². The van der Waals surface area contributed by atoms with Crippen LogP contribution in [0.1, 0.15) is 6.42 Å². The normalized spacial score (nSPS) is 7.00. The summed E-state index contributed by atoms with van der Waals surface area (Å²) in [6.45, 7) is 3.42. The Bertz CT molecular complexity index is 111. The first-order valence-electron chi connectivity index (χ1n) is 1.81. The molecule has 0 aliphatic carbocycles. The van der Waals surface area contributed by atoms with Crippen LogP contribution in [-0.4, -0.2) is 5.94 Å². The van der Waals surface area contributed by atoms with Crippen molar-refractivity contribution in [2.45, 2.75) is 6.42 Å². The largest absolute Gasteiger partial charge is 0.233 e. The number of carbonyl (C=O) groups excluding carboxylic acids is 1. The summed E-state index contributed by atoms with van der Waals surface area (Å²) in [6.07, 6.45) is 2.21. The number of hydrogen-bond donors (Lipinski definition) is 0. The molecule has 0 aliphatic heterocycles. The summed E-state index contributed by atoms with van der Waals surface area (Å²) < 4.78 is 0.516. The van der Waals surface area contributed by atoms with Gasteiger partial charge in [-0.25, -0.2) is 4.79 Å². The van der Waals surface area contributed by atoms with E-state index < -0.39 is 0 Å². The second kappa shape index (κ2) is 3.85. The maximum atomic E-state index is 9.64. The SMILES string of the molecule is C=CCC(Br)=C=O. The first-order valence-corrected chi connectivity index (χ1v) is 2.61. The highest BCUT2D eigenvalue weighted by Crippen LogP contribution is 2.03. The highest BCUT2D eigenvalue weighted by Gasteiger charge is 1.81.